The molecule has 2 rings (SSSR count). The molecular weight excluding hydrogens is 561 g/mol. The number of halogens is 6. The zero-order valence-corrected chi connectivity index (χ0v) is 16.1. The Bertz CT molecular complexity index is 632. The lowest BCUT2D eigenvalue weighted by Gasteiger charge is -2.14. The average Bonchev–Trinajstić information content (AvgIpc) is 2.36. The normalized spacial score (nSPS) is 12.5. The summed E-state index contributed by atoms with van der Waals surface area (Å²) in [6, 6.07) is 8.08. The Labute approximate surface area is 148 Å². The molecule has 19 heavy (non-hydrogen) atoms. The summed E-state index contributed by atoms with van der Waals surface area (Å²) in [6.45, 7) is 0. The third-order valence-electron chi connectivity index (χ3n) is 2.54. The molecule has 0 aliphatic rings. The van der Waals surface area contributed by atoms with E-state index in [1.807, 2.05) is 18.2 Å². The van der Waals surface area contributed by atoms with Gasteiger partial charge in [-0.1, -0.05) is 31.9 Å². The highest BCUT2D eigenvalue weighted by molar-refractivity contribution is 14.1. The summed E-state index contributed by atoms with van der Waals surface area (Å²) < 4.78 is 29.5. The largest absolute Gasteiger partial charge is 0.207 e. The van der Waals surface area contributed by atoms with Crippen LogP contribution >= 0.6 is 70.4 Å². The molecule has 100 valence electrons. The summed E-state index contributed by atoms with van der Waals surface area (Å²) in [5.74, 6) is -0.941. The minimum absolute atomic E-state index is 0.121. The van der Waals surface area contributed by atoms with Crippen LogP contribution < -0.4 is 0 Å². The third-order valence-corrected chi connectivity index (χ3v) is 5.53. The highest BCUT2D eigenvalue weighted by Gasteiger charge is 2.19. The van der Waals surface area contributed by atoms with Crippen molar-refractivity contribution in [2.75, 3.05) is 0 Å². The van der Waals surface area contributed by atoms with Gasteiger partial charge >= 0.3 is 0 Å². The molecule has 0 nitrogen and oxygen atoms in total. The van der Waals surface area contributed by atoms with Crippen molar-refractivity contribution in [3.8, 4) is 0 Å². The van der Waals surface area contributed by atoms with Gasteiger partial charge < -0.3 is 0 Å². The number of hydrogen-bond donors (Lipinski definition) is 0. The molecule has 0 heterocycles. The van der Waals surface area contributed by atoms with Crippen LogP contribution in [0.1, 0.15) is 16.0 Å². The third kappa shape index (κ3) is 3.57. The lowest BCUT2D eigenvalue weighted by molar-refractivity contribution is 0.583. The first-order valence-corrected chi connectivity index (χ1v) is 8.71. The minimum atomic E-state index is -0.484. The molecule has 0 aromatic heterocycles. The molecule has 0 saturated carbocycles. The van der Waals surface area contributed by atoms with Gasteiger partial charge in [0.1, 0.15) is 11.6 Å². The molecule has 0 fully saturated rings. The van der Waals surface area contributed by atoms with E-state index in [-0.39, 0.29) is 10.0 Å². The Morgan fingerprint density at radius 3 is 2.26 bits per heavy atom. The van der Waals surface area contributed by atoms with Crippen LogP contribution in [0.4, 0.5) is 8.78 Å². The van der Waals surface area contributed by atoms with E-state index in [9.17, 15) is 8.78 Å². The fourth-order valence-electron chi connectivity index (χ4n) is 1.61. The molecular formula is C13H6Br3F2I. The Balaban J connectivity index is 2.52. The average molecular weight is 567 g/mol. The van der Waals surface area contributed by atoms with E-state index in [4.69, 9.17) is 0 Å². The van der Waals surface area contributed by atoms with Crippen LogP contribution in [-0.4, -0.2) is 0 Å². The topological polar surface area (TPSA) is 0 Å². The van der Waals surface area contributed by atoms with Gasteiger partial charge in [-0.2, -0.15) is 0 Å². The van der Waals surface area contributed by atoms with Crippen molar-refractivity contribution in [3.63, 3.8) is 0 Å². The quantitative estimate of drug-likeness (QED) is 0.219. The van der Waals surface area contributed by atoms with Crippen molar-refractivity contribution in [2.24, 2.45) is 0 Å². The maximum absolute atomic E-state index is 14.0. The van der Waals surface area contributed by atoms with E-state index in [0.29, 0.717) is 0 Å². The molecule has 0 aliphatic heterocycles. The van der Waals surface area contributed by atoms with Gasteiger partial charge in [0.15, 0.2) is 0 Å². The van der Waals surface area contributed by atoms with Crippen LogP contribution in [0.25, 0.3) is 0 Å². The van der Waals surface area contributed by atoms with E-state index in [0.717, 1.165) is 19.7 Å². The SMILES string of the molecule is Fc1cc(C(Br)c2cc(I)ccc2Br)c(F)cc1Br. The molecule has 0 N–H and O–H groups in total. The van der Waals surface area contributed by atoms with Gasteiger partial charge in [-0.3, -0.25) is 0 Å². The lowest BCUT2D eigenvalue weighted by Crippen LogP contribution is -2.00. The molecule has 2 aromatic rings. The number of alkyl halides is 1. The van der Waals surface area contributed by atoms with Crippen LogP contribution in [0, 0.1) is 15.2 Å². The number of hydrogen-bond acceptors (Lipinski definition) is 0. The van der Waals surface area contributed by atoms with Crippen molar-refractivity contribution in [1.82, 2.24) is 0 Å². The van der Waals surface area contributed by atoms with Gasteiger partial charge in [0.05, 0.1) is 9.30 Å². The minimum Gasteiger partial charge on any atom is -0.207 e. The molecule has 0 bridgehead atoms. The second kappa shape index (κ2) is 6.49. The molecule has 0 radical (unpaired) electrons. The van der Waals surface area contributed by atoms with Gasteiger partial charge in [0, 0.05) is 13.6 Å². The standard InChI is InChI=1S/C13H6Br3F2I/c14-9-2-1-6(19)3-7(9)13(16)8-4-12(18)10(15)5-11(8)17/h1-5,13H. The zero-order valence-electron chi connectivity index (χ0n) is 9.23. The molecule has 0 saturated heterocycles. The molecule has 0 amide bonds. The van der Waals surface area contributed by atoms with Crippen LogP contribution in [0.5, 0.6) is 0 Å². The molecule has 2 aromatic carbocycles. The van der Waals surface area contributed by atoms with Gasteiger partial charge in [-0.25, -0.2) is 8.78 Å². The highest BCUT2D eigenvalue weighted by Crippen LogP contribution is 2.38. The molecule has 0 spiro atoms. The number of benzene rings is 2. The summed E-state index contributed by atoms with van der Waals surface area (Å²) >= 11 is 12.0. The highest BCUT2D eigenvalue weighted by atomic mass is 127. The van der Waals surface area contributed by atoms with E-state index < -0.39 is 16.5 Å². The first-order chi connectivity index (χ1) is 8.90. The van der Waals surface area contributed by atoms with Gasteiger partial charge in [-0.05, 0) is 74.4 Å². The maximum atomic E-state index is 14.0. The van der Waals surface area contributed by atoms with Crippen LogP contribution in [0.3, 0.4) is 0 Å². The van der Waals surface area contributed by atoms with E-state index >= 15 is 0 Å². The Morgan fingerprint density at radius 2 is 1.58 bits per heavy atom. The fourth-order valence-corrected chi connectivity index (χ4v) is 3.95. The summed E-state index contributed by atoms with van der Waals surface area (Å²) in [4.78, 5) is -0.417. The first-order valence-electron chi connectivity index (χ1n) is 5.13. The van der Waals surface area contributed by atoms with Crippen molar-refractivity contribution in [3.05, 3.63) is 65.6 Å². The Kier molecular flexibility index (Phi) is 5.42. The lowest BCUT2D eigenvalue weighted by atomic mass is 10.0. The van der Waals surface area contributed by atoms with Gasteiger partial charge in [-0.15, -0.1) is 0 Å². The fraction of sp³-hybridized carbons (Fsp3) is 0.0769. The summed E-state index contributed by atoms with van der Waals surface area (Å²) in [6.07, 6.45) is 0. The molecule has 1 atom stereocenters. The van der Waals surface area contributed by atoms with E-state index in [2.05, 4.69) is 70.4 Å². The Morgan fingerprint density at radius 1 is 0.895 bits per heavy atom. The van der Waals surface area contributed by atoms with Crippen molar-refractivity contribution in [1.29, 1.82) is 0 Å². The van der Waals surface area contributed by atoms with Crippen LogP contribution in [0.2, 0.25) is 0 Å². The van der Waals surface area contributed by atoms with Crippen molar-refractivity contribution >= 4 is 70.4 Å². The van der Waals surface area contributed by atoms with Gasteiger partial charge in [0.25, 0.3) is 0 Å². The molecule has 1 unspecified atom stereocenters. The smallest absolute Gasteiger partial charge is 0.137 e. The monoisotopic (exact) mass is 564 g/mol. The second-order valence-corrected chi connectivity index (χ2v) is 7.69. The Hall–Kier alpha value is 0.470. The summed E-state index contributed by atoms with van der Waals surface area (Å²) in [5.41, 5.74) is 1.12. The van der Waals surface area contributed by atoms with Crippen molar-refractivity contribution in [2.45, 2.75) is 4.83 Å². The van der Waals surface area contributed by atoms with Crippen LogP contribution in [-0.2, 0) is 0 Å². The maximum Gasteiger partial charge on any atom is 0.137 e. The van der Waals surface area contributed by atoms with E-state index in [1.54, 1.807) is 0 Å². The molecule has 0 aliphatic carbocycles. The predicted molar refractivity (Wildman–Crippen MR) is 91.7 cm³/mol. The predicted octanol–water partition coefficient (Wildman–Crippen LogP) is 6.58. The van der Waals surface area contributed by atoms with E-state index in [1.165, 1.54) is 6.07 Å². The second-order valence-electron chi connectivity index (χ2n) is 3.82. The first kappa shape index (κ1) is 15.9. The summed E-state index contributed by atoms with van der Waals surface area (Å²) in [5, 5.41) is 0. The van der Waals surface area contributed by atoms with Gasteiger partial charge in [0.2, 0.25) is 0 Å². The van der Waals surface area contributed by atoms with Crippen molar-refractivity contribution < 1.29 is 8.78 Å². The molecule has 6 heteroatoms. The summed E-state index contributed by atoms with van der Waals surface area (Å²) in [7, 11) is 0. The van der Waals surface area contributed by atoms with Crippen LogP contribution in [0.15, 0.2) is 39.3 Å². The number of rotatable bonds is 2. The zero-order chi connectivity index (χ0) is 14.2.